The van der Waals surface area contributed by atoms with E-state index in [0.29, 0.717) is 10.9 Å². The second kappa shape index (κ2) is 5.96. The van der Waals surface area contributed by atoms with Crippen molar-refractivity contribution in [1.29, 1.82) is 0 Å². The summed E-state index contributed by atoms with van der Waals surface area (Å²) in [7, 11) is 0. The Morgan fingerprint density at radius 2 is 2.13 bits per heavy atom. The first kappa shape index (κ1) is 15.2. The Morgan fingerprint density at radius 3 is 2.91 bits per heavy atom. The number of benzene rings is 1. The molecule has 1 amide bonds. The van der Waals surface area contributed by atoms with Crippen LogP contribution in [-0.4, -0.2) is 53.8 Å². The molecule has 5 nitrogen and oxygen atoms in total. The maximum absolute atomic E-state index is 12.6. The van der Waals surface area contributed by atoms with E-state index < -0.39 is 0 Å². The van der Waals surface area contributed by atoms with Crippen LogP contribution in [0.3, 0.4) is 0 Å². The Labute approximate surface area is 140 Å². The number of fused-ring (bicyclic) bond motifs is 1. The van der Waals surface area contributed by atoms with Crippen LogP contribution in [0.15, 0.2) is 18.2 Å². The van der Waals surface area contributed by atoms with Crippen molar-refractivity contribution in [2.45, 2.75) is 37.5 Å². The highest BCUT2D eigenvalue weighted by Gasteiger charge is 2.56. The van der Waals surface area contributed by atoms with Crippen LogP contribution in [0, 0.1) is 5.92 Å². The Hall–Kier alpha value is -1.30. The average Bonchev–Trinajstić information content (AvgIpc) is 3.18. The molecule has 0 aromatic heterocycles. The fourth-order valence-corrected chi connectivity index (χ4v) is 4.43. The van der Waals surface area contributed by atoms with Gasteiger partial charge in [0, 0.05) is 17.5 Å². The number of hydrogen-bond acceptors (Lipinski definition) is 4. The topological polar surface area (TPSA) is 61.8 Å². The number of carbonyl (C=O) groups is 1. The van der Waals surface area contributed by atoms with Crippen molar-refractivity contribution in [2.24, 2.45) is 5.92 Å². The summed E-state index contributed by atoms with van der Waals surface area (Å²) in [6.45, 7) is 2.92. The molecule has 2 N–H and O–H groups in total. The quantitative estimate of drug-likeness (QED) is 0.886. The lowest BCUT2D eigenvalue weighted by atomic mass is 9.70. The van der Waals surface area contributed by atoms with Gasteiger partial charge in [-0.25, -0.2) is 0 Å². The predicted molar refractivity (Wildman–Crippen MR) is 86.8 cm³/mol. The highest BCUT2D eigenvalue weighted by atomic mass is 35.5. The lowest BCUT2D eigenvalue weighted by Crippen LogP contribution is -2.70. The van der Waals surface area contributed by atoms with E-state index in [1.807, 2.05) is 0 Å². The molecule has 1 aromatic carbocycles. The van der Waals surface area contributed by atoms with Crippen molar-refractivity contribution in [3.05, 3.63) is 28.8 Å². The second-order valence-electron chi connectivity index (χ2n) is 6.68. The molecule has 0 unspecified atom stereocenters. The van der Waals surface area contributed by atoms with Crippen molar-refractivity contribution in [1.82, 2.24) is 10.2 Å². The lowest BCUT2D eigenvalue weighted by Gasteiger charge is -2.51. The zero-order chi connectivity index (χ0) is 16.0. The van der Waals surface area contributed by atoms with E-state index in [9.17, 15) is 9.90 Å². The molecule has 4 atom stereocenters. The molecular formula is C17H21ClN2O3. The van der Waals surface area contributed by atoms with Crippen molar-refractivity contribution in [3.8, 4) is 5.75 Å². The summed E-state index contributed by atoms with van der Waals surface area (Å²) in [5.74, 6) is 0.0820. The number of phenols is 1. The second-order valence-corrected chi connectivity index (χ2v) is 7.12. The minimum Gasteiger partial charge on any atom is -0.507 e. The molecule has 0 spiro atoms. The predicted octanol–water partition coefficient (Wildman–Crippen LogP) is 2.03. The van der Waals surface area contributed by atoms with E-state index in [1.54, 1.807) is 6.07 Å². The summed E-state index contributed by atoms with van der Waals surface area (Å²) < 4.78 is 5.87. The number of rotatable bonds is 3. The van der Waals surface area contributed by atoms with Gasteiger partial charge in [-0.3, -0.25) is 9.69 Å². The summed E-state index contributed by atoms with van der Waals surface area (Å²) in [6, 6.07) is 4.89. The number of ether oxygens (including phenoxy) is 1. The van der Waals surface area contributed by atoms with Gasteiger partial charge in [-0.1, -0.05) is 11.6 Å². The van der Waals surface area contributed by atoms with Crippen LogP contribution < -0.4 is 5.32 Å². The Bertz CT molecular complexity index is 613. The van der Waals surface area contributed by atoms with Crippen molar-refractivity contribution in [3.63, 3.8) is 0 Å². The van der Waals surface area contributed by atoms with E-state index in [4.69, 9.17) is 16.3 Å². The summed E-state index contributed by atoms with van der Waals surface area (Å²) in [5.41, 5.74) is 0.236. The van der Waals surface area contributed by atoms with Crippen LogP contribution in [0.25, 0.3) is 0 Å². The van der Waals surface area contributed by atoms with Gasteiger partial charge in [-0.2, -0.15) is 0 Å². The Morgan fingerprint density at radius 1 is 1.35 bits per heavy atom. The largest absolute Gasteiger partial charge is 0.507 e. The molecule has 23 heavy (non-hydrogen) atoms. The zero-order valence-electron chi connectivity index (χ0n) is 12.9. The fourth-order valence-electron chi connectivity index (χ4n) is 4.26. The monoisotopic (exact) mass is 336 g/mol. The number of phenolic OH excluding ortho intramolecular Hbond substituents is 1. The van der Waals surface area contributed by atoms with Crippen LogP contribution >= 0.6 is 11.6 Å². The molecule has 2 saturated heterocycles. The number of likely N-dealkylation sites (tertiary alicyclic amines) is 1. The molecule has 2 heterocycles. The molecule has 0 bridgehead atoms. The molecule has 1 saturated carbocycles. The number of hydrogen-bond donors (Lipinski definition) is 2. The minimum atomic E-state index is -0.260. The van der Waals surface area contributed by atoms with Gasteiger partial charge in [0.05, 0.1) is 23.8 Å². The van der Waals surface area contributed by atoms with Gasteiger partial charge < -0.3 is 15.2 Å². The molecule has 0 radical (unpaired) electrons. The first-order valence-corrected chi connectivity index (χ1v) is 8.68. The molecule has 2 aliphatic heterocycles. The number of halogens is 1. The van der Waals surface area contributed by atoms with E-state index in [-0.39, 0.29) is 35.4 Å². The van der Waals surface area contributed by atoms with Gasteiger partial charge in [0.15, 0.2) is 0 Å². The van der Waals surface area contributed by atoms with Crippen LogP contribution in [0.2, 0.25) is 5.02 Å². The van der Waals surface area contributed by atoms with Crippen LogP contribution in [0.5, 0.6) is 5.75 Å². The summed E-state index contributed by atoms with van der Waals surface area (Å²) in [5, 5.41) is 13.5. The maximum Gasteiger partial charge on any atom is 0.255 e. The lowest BCUT2D eigenvalue weighted by molar-refractivity contribution is -0.0747. The normalized spacial score (nSPS) is 33.3. The number of aromatic hydroxyl groups is 1. The molecule has 1 aliphatic carbocycles. The van der Waals surface area contributed by atoms with Gasteiger partial charge >= 0.3 is 0 Å². The minimum absolute atomic E-state index is 0.0387. The average molecular weight is 337 g/mol. The summed E-state index contributed by atoms with van der Waals surface area (Å²) in [6.07, 6.45) is 3.65. The van der Waals surface area contributed by atoms with Gasteiger partial charge in [0.2, 0.25) is 0 Å². The third kappa shape index (κ3) is 2.61. The maximum atomic E-state index is 12.6. The molecule has 4 rings (SSSR count). The third-order valence-electron chi connectivity index (χ3n) is 5.41. The number of carbonyl (C=O) groups excluding carboxylic acids is 1. The van der Waals surface area contributed by atoms with Crippen molar-refractivity contribution < 1.29 is 14.6 Å². The Kier molecular flexibility index (Phi) is 3.95. The van der Waals surface area contributed by atoms with Crippen LogP contribution in [0.4, 0.5) is 0 Å². The smallest absolute Gasteiger partial charge is 0.255 e. The standard InChI is InChI=1S/C17H21ClN2O3/c18-10-3-4-13(21)12(9-10)17(22)19-14-11-5-8-23-16(11)15(14)20-6-1-2-7-20/h3-4,9,11,14-16,21H,1-2,5-8H2,(H,19,22)/t11-,14+,15-,16-/m1/s1. The number of amides is 1. The van der Waals surface area contributed by atoms with E-state index >= 15 is 0 Å². The van der Waals surface area contributed by atoms with Gasteiger partial charge in [0.25, 0.3) is 5.91 Å². The molecule has 3 fully saturated rings. The molecule has 6 heteroatoms. The summed E-state index contributed by atoms with van der Waals surface area (Å²) in [4.78, 5) is 15.0. The molecule has 3 aliphatic rings. The third-order valence-corrected chi connectivity index (χ3v) is 5.65. The Balaban J connectivity index is 1.52. The van der Waals surface area contributed by atoms with Gasteiger partial charge in [0.1, 0.15) is 5.75 Å². The van der Waals surface area contributed by atoms with Crippen LogP contribution in [-0.2, 0) is 4.74 Å². The van der Waals surface area contributed by atoms with E-state index in [0.717, 1.165) is 26.1 Å². The SMILES string of the molecule is O=C(N[C@H]1[C@H]2CCO[C@H]2[C@@H]1N1CCCC1)c1cc(Cl)ccc1O. The zero-order valence-corrected chi connectivity index (χ0v) is 13.6. The number of nitrogens with zero attached hydrogens (tertiary/aromatic N) is 1. The number of nitrogens with one attached hydrogen (secondary N) is 1. The highest BCUT2D eigenvalue weighted by Crippen LogP contribution is 2.43. The first-order valence-electron chi connectivity index (χ1n) is 8.30. The molecule has 124 valence electrons. The fraction of sp³-hybridized carbons (Fsp3) is 0.588. The van der Waals surface area contributed by atoms with Crippen LogP contribution in [0.1, 0.15) is 29.6 Å². The van der Waals surface area contributed by atoms with E-state index in [1.165, 1.54) is 25.0 Å². The highest BCUT2D eigenvalue weighted by molar-refractivity contribution is 6.31. The molecule has 1 aromatic rings. The van der Waals surface area contributed by atoms with E-state index in [2.05, 4.69) is 10.2 Å². The van der Waals surface area contributed by atoms with Crippen molar-refractivity contribution in [2.75, 3.05) is 19.7 Å². The molecular weight excluding hydrogens is 316 g/mol. The first-order chi connectivity index (χ1) is 11.1. The van der Waals surface area contributed by atoms with Crippen molar-refractivity contribution >= 4 is 17.5 Å². The summed E-state index contributed by atoms with van der Waals surface area (Å²) >= 11 is 5.95. The van der Waals surface area contributed by atoms with Gasteiger partial charge in [-0.15, -0.1) is 0 Å². The van der Waals surface area contributed by atoms with Gasteiger partial charge in [-0.05, 0) is 50.6 Å².